The third-order valence-electron chi connectivity index (χ3n) is 5.36. The molecule has 1 saturated heterocycles. The predicted octanol–water partition coefficient (Wildman–Crippen LogP) is 3.61. The van der Waals surface area contributed by atoms with Gasteiger partial charge in [-0.05, 0) is 42.8 Å². The first-order chi connectivity index (χ1) is 13.3. The molecule has 2 aliphatic heterocycles. The number of benzene rings is 2. The first kappa shape index (κ1) is 19.1. The molecule has 0 spiro atoms. The lowest BCUT2D eigenvalue weighted by atomic mass is 9.76. The van der Waals surface area contributed by atoms with E-state index in [1.54, 1.807) is 0 Å². The lowest BCUT2D eigenvalue weighted by molar-refractivity contribution is -0.0441. The molecule has 2 aromatic rings. The number of hydrogen-bond donors (Lipinski definition) is 0. The van der Waals surface area contributed by atoms with Gasteiger partial charge < -0.3 is 9.47 Å². The van der Waals surface area contributed by atoms with Gasteiger partial charge >= 0.3 is 0 Å². The zero-order chi connectivity index (χ0) is 20.1. The summed E-state index contributed by atoms with van der Waals surface area (Å²) in [5.41, 5.74) is -0.387. The van der Waals surface area contributed by atoms with E-state index in [0.717, 1.165) is 12.1 Å². The highest BCUT2D eigenvalue weighted by atomic mass is 35.5. The van der Waals surface area contributed by atoms with Crippen LogP contribution in [0, 0.1) is 28.9 Å². The van der Waals surface area contributed by atoms with Crippen molar-refractivity contribution in [2.24, 2.45) is 5.92 Å². The monoisotopic (exact) mass is 425 g/mol. The number of rotatable bonds is 2. The Bertz CT molecular complexity index is 1080. The molecule has 0 aliphatic carbocycles. The van der Waals surface area contributed by atoms with Crippen molar-refractivity contribution in [2.75, 3.05) is 13.2 Å². The standard InChI is InChI=1S/C19H14ClF2NO4S/c20-11-1-3-12(4-2-11)28(24,25)19-7-8-26-16(9-23)13(19)10-27-18-15(22)6-5-14(21)17(18)19/h1-6,13,16H,7-8,10H2/t13?,16?,19-/m0/s1. The molecule has 0 aromatic heterocycles. The summed E-state index contributed by atoms with van der Waals surface area (Å²) in [6.45, 7) is -0.393. The quantitative estimate of drug-likeness (QED) is 0.734. The Balaban J connectivity index is 2.06. The fraction of sp³-hybridized carbons (Fsp3) is 0.316. The first-order valence-corrected chi connectivity index (χ1v) is 10.3. The van der Waals surface area contributed by atoms with Gasteiger partial charge in [0.05, 0.1) is 35.7 Å². The summed E-state index contributed by atoms with van der Waals surface area (Å²) in [7, 11) is -4.27. The van der Waals surface area contributed by atoms with E-state index in [1.165, 1.54) is 24.3 Å². The third kappa shape index (κ3) is 2.54. The fourth-order valence-electron chi connectivity index (χ4n) is 4.08. The van der Waals surface area contributed by atoms with Crippen LogP contribution >= 0.6 is 11.6 Å². The second-order valence-corrected chi connectivity index (χ2v) is 9.31. The van der Waals surface area contributed by atoms with Crippen LogP contribution in [0.3, 0.4) is 0 Å². The second kappa shape index (κ2) is 6.69. The summed E-state index contributed by atoms with van der Waals surface area (Å²) in [5, 5.41) is 9.81. The number of ether oxygens (including phenoxy) is 2. The largest absolute Gasteiger partial charge is 0.490 e. The van der Waals surface area contributed by atoms with Crippen LogP contribution in [0.15, 0.2) is 41.3 Å². The fourth-order valence-corrected chi connectivity index (χ4v) is 6.52. The SMILES string of the molecule is N#CC1OCC[C@@]2(S(=O)(=O)c3ccc(Cl)cc3)c3c(F)ccc(F)c3OCC12. The van der Waals surface area contributed by atoms with Crippen molar-refractivity contribution >= 4 is 21.4 Å². The molecule has 0 amide bonds. The minimum atomic E-state index is -4.27. The zero-order valence-electron chi connectivity index (χ0n) is 14.4. The molecule has 2 aliphatic rings. The Hall–Kier alpha value is -2.21. The van der Waals surface area contributed by atoms with Crippen molar-refractivity contribution in [3.05, 3.63) is 58.6 Å². The van der Waals surface area contributed by atoms with Crippen LogP contribution < -0.4 is 4.74 Å². The van der Waals surface area contributed by atoms with Crippen LogP contribution in [0.25, 0.3) is 0 Å². The Morgan fingerprint density at radius 1 is 1.14 bits per heavy atom. The molecule has 0 N–H and O–H groups in total. The third-order valence-corrected chi connectivity index (χ3v) is 8.17. The predicted molar refractivity (Wildman–Crippen MR) is 95.6 cm³/mol. The van der Waals surface area contributed by atoms with Crippen molar-refractivity contribution in [3.63, 3.8) is 0 Å². The van der Waals surface area contributed by atoms with Crippen LogP contribution in [0.4, 0.5) is 8.78 Å². The van der Waals surface area contributed by atoms with E-state index in [9.17, 15) is 22.5 Å². The van der Waals surface area contributed by atoms with E-state index in [-0.39, 0.29) is 30.1 Å². The van der Waals surface area contributed by atoms with Crippen LogP contribution in [0.1, 0.15) is 12.0 Å². The number of hydrogen-bond acceptors (Lipinski definition) is 5. The molecule has 0 radical (unpaired) electrons. The van der Waals surface area contributed by atoms with Crippen LogP contribution in [0.2, 0.25) is 5.02 Å². The summed E-state index contributed by atoms with van der Waals surface area (Å²) in [6, 6.07) is 9.12. The van der Waals surface area contributed by atoms with Crippen molar-refractivity contribution in [1.82, 2.24) is 0 Å². The van der Waals surface area contributed by atoms with Gasteiger partial charge in [0.2, 0.25) is 0 Å². The van der Waals surface area contributed by atoms with E-state index < -0.39 is 44.0 Å². The lowest BCUT2D eigenvalue weighted by Gasteiger charge is -2.48. The number of fused-ring (bicyclic) bond motifs is 3. The molecule has 146 valence electrons. The van der Waals surface area contributed by atoms with Gasteiger partial charge in [0.1, 0.15) is 10.6 Å². The van der Waals surface area contributed by atoms with Gasteiger partial charge in [-0.2, -0.15) is 5.26 Å². The normalized spacial score (nSPS) is 26.5. The van der Waals surface area contributed by atoms with Gasteiger partial charge in [-0.15, -0.1) is 0 Å². The summed E-state index contributed by atoms with van der Waals surface area (Å²) >= 11 is 5.87. The van der Waals surface area contributed by atoms with Crippen LogP contribution in [-0.4, -0.2) is 27.7 Å². The van der Waals surface area contributed by atoms with Gasteiger partial charge in [0.15, 0.2) is 27.5 Å². The van der Waals surface area contributed by atoms with Crippen molar-refractivity contribution in [2.45, 2.75) is 22.2 Å². The molecule has 0 saturated carbocycles. The number of nitriles is 1. The zero-order valence-corrected chi connectivity index (χ0v) is 15.9. The number of sulfone groups is 1. The highest BCUT2D eigenvalue weighted by Crippen LogP contribution is 2.55. The van der Waals surface area contributed by atoms with Crippen LogP contribution in [0.5, 0.6) is 5.75 Å². The van der Waals surface area contributed by atoms with Gasteiger partial charge in [-0.25, -0.2) is 17.2 Å². The summed E-state index contributed by atoms with van der Waals surface area (Å²) in [5.74, 6) is -3.24. The molecule has 4 rings (SSSR count). The molecule has 1 fully saturated rings. The minimum absolute atomic E-state index is 0.1000. The van der Waals surface area contributed by atoms with Crippen molar-refractivity contribution < 1.29 is 26.7 Å². The molecule has 0 bridgehead atoms. The van der Waals surface area contributed by atoms with Crippen LogP contribution in [-0.2, 0) is 19.3 Å². The molecular formula is C19H14ClF2NO4S. The van der Waals surface area contributed by atoms with E-state index in [4.69, 9.17) is 21.1 Å². The van der Waals surface area contributed by atoms with Crippen molar-refractivity contribution in [1.29, 1.82) is 5.26 Å². The number of halogens is 3. The lowest BCUT2D eigenvalue weighted by Crippen LogP contribution is -2.57. The molecule has 2 unspecified atom stereocenters. The second-order valence-electron chi connectivity index (χ2n) is 6.67. The maximum absolute atomic E-state index is 15.0. The minimum Gasteiger partial charge on any atom is -0.490 e. The van der Waals surface area contributed by atoms with E-state index in [1.807, 2.05) is 6.07 Å². The molecule has 2 heterocycles. The molecule has 5 nitrogen and oxygen atoms in total. The van der Waals surface area contributed by atoms with Crippen molar-refractivity contribution in [3.8, 4) is 11.8 Å². The smallest absolute Gasteiger partial charge is 0.189 e. The highest BCUT2D eigenvalue weighted by Gasteiger charge is 2.61. The molecular weight excluding hydrogens is 412 g/mol. The summed E-state index contributed by atoms with van der Waals surface area (Å²) in [6.07, 6.45) is -1.29. The molecule has 3 atom stereocenters. The maximum Gasteiger partial charge on any atom is 0.189 e. The topological polar surface area (TPSA) is 76.4 Å². The summed E-state index contributed by atoms with van der Waals surface area (Å²) in [4.78, 5) is -0.1000. The maximum atomic E-state index is 15.0. The molecule has 2 aromatic carbocycles. The highest BCUT2D eigenvalue weighted by molar-refractivity contribution is 7.92. The Kier molecular flexibility index (Phi) is 4.57. The van der Waals surface area contributed by atoms with E-state index in [2.05, 4.69) is 0 Å². The molecule has 28 heavy (non-hydrogen) atoms. The average molecular weight is 426 g/mol. The molecule has 9 heteroatoms. The Labute approximate surface area is 165 Å². The van der Waals surface area contributed by atoms with Gasteiger partial charge in [0, 0.05) is 5.02 Å². The van der Waals surface area contributed by atoms with Gasteiger partial charge in [-0.3, -0.25) is 0 Å². The van der Waals surface area contributed by atoms with Gasteiger partial charge in [-0.1, -0.05) is 11.6 Å². The van der Waals surface area contributed by atoms with E-state index in [0.29, 0.717) is 5.02 Å². The first-order valence-electron chi connectivity index (χ1n) is 8.45. The Morgan fingerprint density at radius 2 is 1.82 bits per heavy atom. The average Bonchev–Trinajstić information content (AvgIpc) is 2.69. The number of nitrogens with zero attached hydrogens (tertiary/aromatic N) is 1. The van der Waals surface area contributed by atoms with Gasteiger partial charge in [0.25, 0.3) is 0 Å². The summed E-state index contributed by atoms with van der Waals surface area (Å²) < 4.78 is 65.8. The van der Waals surface area contributed by atoms with E-state index >= 15 is 0 Å². The Morgan fingerprint density at radius 3 is 2.50 bits per heavy atom.